The Hall–Kier alpha value is -2.17. The van der Waals surface area contributed by atoms with Crippen molar-refractivity contribution in [2.45, 2.75) is 26.2 Å². The van der Waals surface area contributed by atoms with Gasteiger partial charge in [-0.1, -0.05) is 25.1 Å². The molecule has 1 aromatic carbocycles. The van der Waals surface area contributed by atoms with Gasteiger partial charge in [0.15, 0.2) is 0 Å². The number of amides is 1. The SMILES string of the molecule is CCCN(CC1CC2C=CC1C2)C(=O)c1cccc([N+](=O)[O-])c1. The molecular weight excluding hydrogens is 292 g/mol. The van der Waals surface area contributed by atoms with E-state index in [1.54, 1.807) is 12.1 Å². The molecule has 1 saturated carbocycles. The van der Waals surface area contributed by atoms with Crippen molar-refractivity contribution in [2.24, 2.45) is 17.8 Å². The number of benzene rings is 1. The number of fused-ring (bicyclic) bond motifs is 2. The molecule has 0 heterocycles. The van der Waals surface area contributed by atoms with Crippen molar-refractivity contribution < 1.29 is 9.72 Å². The van der Waals surface area contributed by atoms with Gasteiger partial charge < -0.3 is 4.90 Å². The minimum absolute atomic E-state index is 0.0323. The summed E-state index contributed by atoms with van der Waals surface area (Å²) in [6, 6.07) is 6.04. The van der Waals surface area contributed by atoms with Gasteiger partial charge in [-0.15, -0.1) is 0 Å². The zero-order chi connectivity index (χ0) is 16.4. The maximum atomic E-state index is 12.8. The molecule has 3 atom stereocenters. The molecule has 2 aliphatic carbocycles. The number of hydrogen-bond acceptors (Lipinski definition) is 3. The second-order valence-corrected chi connectivity index (χ2v) is 6.60. The Labute approximate surface area is 136 Å². The topological polar surface area (TPSA) is 63.5 Å². The summed E-state index contributed by atoms with van der Waals surface area (Å²) in [5.41, 5.74) is 0.376. The van der Waals surface area contributed by atoms with E-state index in [0.29, 0.717) is 29.9 Å². The Balaban J connectivity index is 1.74. The summed E-state index contributed by atoms with van der Waals surface area (Å²) in [6.07, 6.45) is 7.85. The number of nitro benzene ring substituents is 1. The monoisotopic (exact) mass is 314 g/mol. The molecule has 23 heavy (non-hydrogen) atoms. The van der Waals surface area contributed by atoms with E-state index < -0.39 is 4.92 Å². The Morgan fingerprint density at radius 2 is 2.17 bits per heavy atom. The number of non-ortho nitro benzene ring substituents is 1. The van der Waals surface area contributed by atoms with Gasteiger partial charge in [-0.05, 0) is 43.1 Å². The molecule has 0 spiro atoms. The quantitative estimate of drug-likeness (QED) is 0.457. The minimum atomic E-state index is -0.457. The van der Waals surface area contributed by atoms with E-state index in [9.17, 15) is 14.9 Å². The van der Waals surface area contributed by atoms with Crippen LogP contribution in [-0.4, -0.2) is 28.8 Å². The summed E-state index contributed by atoms with van der Waals surface area (Å²) in [6.45, 7) is 3.49. The van der Waals surface area contributed by atoms with Gasteiger partial charge in [0.1, 0.15) is 0 Å². The predicted molar refractivity (Wildman–Crippen MR) is 88.1 cm³/mol. The van der Waals surface area contributed by atoms with Gasteiger partial charge in [-0.25, -0.2) is 0 Å². The largest absolute Gasteiger partial charge is 0.338 e. The van der Waals surface area contributed by atoms with Crippen molar-refractivity contribution in [3.05, 3.63) is 52.1 Å². The molecule has 122 valence electrons. The third-order valence-corrected chi connectivity index (χ3v) is 4.96. The number of hydrogen-bond donors (Lipinski definition) is 0. The van der Waals surface area contributed by atoms with E-state index in [4.69, 9.17) is 0 Å². The Kier molecular flexibility index (Phi) is 4.46. The summed E-state index contributed by atoms with van der Waals surface area (Å²) in [7, 11) is 0. The highest BCUT2D eigenvalue weighted by molar-refractivity contribution is 5.94. The molecule has 1 amide bonds. The van der Waals surface area contributed by atoms with Crippen LogP contribution in [0.2, 0.25) is 0 Å². The number of rotatable bonds is 6. The molecule has 0 N–H and O–H groups in total. The van der Waals surface area contributed by atoms with Crippen LogP contribution in [0.15, 0.2) is 36.4 Å². The lowest BCUT2D eigenvalue weighted by atomic mass is 9.93. The van der Waals surface area contributed by atoms with Crippen LogP contribution in [0, 0.1) is 27.9 Å². The van der Waals surface area contributed by atoms with Gasteiger partial charge in [-0.3, -0.25) is 14.9 Å². The van der Waals surface area contributed by atoms with Crippen molar-refractivity contribution in [1.29, 1.82) is 0 Å². The number of carbonyl (C=O) groups excluding carboxylic acids is 1. The number of carbonyl (C=O) groups is 1. The lowest BCUT2D eigenvalue weighted by Gasteiger charge is -2.28. The van der Waals surface area contributed by atoms with Gasteiger partial charge in [0.05, 0.1) is 4.92 Å². The smallest absolute Gasteiger partial charge is 0.270 e. The van der Waals surface area contributed by atoms with Gasteiger partial charge in [0.25, 0.3) is 11.6 Å². The molecule has 5 nitrogen and oxygen atoms in total. The maximum absolute atomic E-state index is 12.8. The van der Waals surface area contributed by atoms with Crippen molar-refractivity contribution in [2.75, 3.05) is 13.1 Å². The molecular formula is C18H22N2O3. The highest BCUT2D eigenvalue weighted by Crippen LogP contribution is 2.43. The van der Waals surface area contributed by atoms with Crippen LogP contribution in [0.3, 0.4) is 0 Å². The molecule has 3 unspecified atom stereocenters. The standard InChI is InChI=1S/C18H22N2O3/c1-2-8-19(12-16-10-13-6-7-14(16)9-13)18(21)15-4-3-5-17(11-15)20(22)23/h3-7,11,13-14,16H,2,8-10,12H2,1H3. The Morgan fingerprint density at radius 3 is 2.78 bits per heavy atom. The third kappa shape index (κ3) is 3.28. The maximum Gasteiger partial charge on any atom is 0.270 e. The van der Waals surface area contributed by atoms with Crippen LogP contribution in [0.25, 0.3) is 0 Å². The second-order valence-electron chi connectivity index (χ2n) is 6.60. The first-order chi connectivity index (χ1) is 11.1. The minimum Gasteiger partial charge on any atom is -0.338 e. The average Bonchev–Trinajstić information content (AvgIpc) is 3.16. The normalized spacial score (nSPS) is 24.8. The Bertz CT molecular complexity index is 641. The molecule has 5 heteroatoms. The van der Waals surface area contributed by atoms with Gasteiger partial charge in [0.2, 0.25) is 0 Å². The van der Waals surface area contributed by atoms with E-state index in [1.165, 1.54) is 18.6 Å². The summed E-state index contributed by atoms with van der Waals surface area (Å²) < 4.78 is 0. The van der Waals surface area contributed by atoms with E-state index >= 15 is 0 Å². The van der Waals surface area contributed by atoms with E-state index in [1.807, 2.05) is 4.90 Å². The number of allylic oxidation sites excluding steroid dienone is 2. The van der Waals surface area contributed by atoms with E-state index in [-0.39, 0.29) is 11.6 Å². The van der Waals surface area contributed by atoms with Crippen molar-refractivity contribution >= 4 is 11.6 Å². The van der Waals surface area contributed by atoms with Gasteiger partial charge in [0, 0.05) is 30.8 Å². The lowest BCUT2D eigenvalue weighted by molar-refractivity contribution is -0.384. The van der Waals surface area contributed by atoms with Gasteiger partial charge in [-0.2, -0.15) is 0 Å². The molecule has 1 fully saturated rings. The summed E-state index contributed by atoms with van der Waals surface area (Å²) in [5.74, 6) is 1.71. The first kappa shape index (κ1) is 15.7. The summed E-state index contributed by atoms with van der Waals surface area (Å²) in [4.78, 5) is 25.1. The molecule has 1 aromatic rings. The lowest BCUT2D eigenvalue weighted by Crippen LogP contribution is -2.37. The molecule has 0 saturated heterocycles. The molecule has 2 aliphatic rings. The fourth-order valence-corrected chi connectivity index (χ4v) is 3.87. The van der Waals surface area contributed by atoms with Crippen molar-refractivity contribution in [1.82, 2.24) is 4.90 Å². The molecule has 0 aromatic heterocycles. The Morgan fingerprint density at radius 1 is 1.35 bits per heavy atom. The highest BCUT2D eigenvalue weighted by Gasteiger charge is 2.37. The van der Waals surface area contributed by atoms with Crippen molar-refractivity contribution in [3.8, 4) is 0 Å². The van der Waals surface area contributed by atoms with Gasteiger partial charge >= 0.3 is 0 Å². The van der Waals surface area contributed by atoms with Crippen LogP contribution in [0.1, 0.15) is 36.5 Å². The summed E-state index contributed by atoms with van der Waals surface area (Å²) in [5, 5.41) is 10.9. The molecule has 0 radical (unpaired) electrons. The van der Waals surface area contributed by atoms with Crippen LogP contribution in [0.4, 0.5) is 5.69 Å². The zero-order valence-electron chi connectivity index (χ0n) is 13.4. The second kappa shape index (κ2) is 6.52. The van der Waals surface area contributed by atoms with E-state index in [2.05, 4.69) is 19.1 Å². The van der Waals surface area contributed by atoms with Crippen molar-refractivity contribution in [3.63, 3.8) is 0 Å². The third-order valence-electron chi connectivity index (χ3n) is 4.96. The molecule has 2 bridgehead atoms. The summed E-state index contributed by atoms with van der Waals surface area (Å²) >= 11 is 0. The van der Waals surface area contributed by atoms with Crippen LogP contribution < -0.4 is 0 Å². The van der Waals surface area contributed by atoms with Crippen LogP contribution in [-0.2, 0) is 0 Å². The number of nitro groups is 1. The van der Waals surface area contributed by atoms with Crippen LogP contribution in [0.5, 0.6) is 0 Å². The van der Waals surface area contributed by atoms with E-state index in [0.717, 1.165) is 19.4 Å². The fourth-order valence-electron chi connectivity index (χ4n) is 3.87. The first-order valence-corrected chi connectivity index (χ1v) is 8.30. The first-order valence-electron chi connectivity index (χ1n) is 8.30. The highest BCUT2D eigenvalue weighted by atomic mass is 16.6. The zero-order valence-corrected chi connectivity index (χ0v) is 13.4. The number of nitrogens with zero attached hydrogens (tertiary/aromatic N) is 2. The molecule has 3 rings (SSSR count). The fraction of sp³-hybridized carbons (Fsp3) is 0.500. The predicted octanol–water partition coefficient (Wildman–Crippen LogP) is 3.66. The van der Waals surface area contributed by atoms with Crippen LogP contribution >= 0.6 is 0 Å². The average molecular weight is 314 g/mol. The molecule has 0 aliphatic heterocycles.